The summed E-state index contributed by atoms with van der Waals surface area (Å²) in [6.45, 7) is 0. The summed E-state index contributed by atoms with van der Waals surface area (Å²) in [6, 6.07) is 24.5. The van der Waals surface area contributed by atoms with E-state index in [-0.39, 0.29) is 0 Å². The first-order valence-electron chi connectivity index (χ1n) is 8.20. The highest BCUT2D eigenvalue weighted by molar-refractivity contribution is 5.76. The third-order valence-corrected chi connectivity index (χ3v) is 4.34. The van der Waals surface area contributed by atoms with Crippen LogP contribution in [0.1, 0.15) is 23.0 Å². The number of aromatic nitrogens is 2. The number of imidazole rings is 1. The second-order valence-corrected chi connectivity index (χ2v) is 6.02. The van der Waals surface area contributed by atoms with Gasteiger partial charge in [0.1, 0.15) is 0 Å². The number of nitrogens with zero attached hydrogens (tertiary/aromatic N) is 2. The number of benzene rings is 3. The maximum Gasteiger partial charge on any atom is 0.449 e. The van der Waals surface area contributed by atoms with E-state index in [1.807, 2.05) is 60.7 Å². The van der Waals surface area contributed by atoms with E-state index < -0.39 is 18.0 Å². The molecule has 4 rings (SSSR count). The molecule has 0 saturated carbocycles. The predicted molar refractivity (Wildman–Crippen MR) is 94.9 cm³/mol. The Balaban J connectivity index is 2.06. The fourth-order valence-electron chi connectivity index (χ4n) is 3.27. The lowest BCUT2D eigenvalue weighted by Crippen LogP contribution is -2.21. The van der Waals surface area contributed by atoms with E-state index in [1.165, 1.54) is 4.57 Å². The van der Waals surface area contributed by atoms with Crippen LogP contribution in [-0.2, 0) is 6.18 Å². The summed E-state index contributed by atoms with van der Waals surface area (Å²) in [6.07, 6.45) is -4.55. The van der Waals surface area contributed by atoms with Crippen LogP contribution in [0.3, 0.4) is 0 Å². The highest BCUT2D eigenvalue weighted by Gasteiger charge is 2.39. The molecule has 0 radical (unpaired) electrons. The molecule has 1 heterocycles. The summed E-state index contributed by atoms with van der Waals surface area (Å²) < 4.78 is 42.7. The number of hydrogen-bond donors (Lipinski definition) is 0. The molecular formula is C21H15F3N2. The largest absolute Gasteiger partial charge is 0.449 e. The first kappa shape index (κ1) is 16.4. The SMILES string of the molecule is FC(F)(F)c1nc2ccccc2n1C(c1ccccc1)c1ccccc1. The van der Waals surface area contributed by atoms with Gasteiger partial charge in [0.2, 0.25) is 5.82 Å². The molecule has 26 heavy (non-hydrogen) atoms. The zero-order valence-corrected chi connectivity index (χ0v) is 13.7. The molecule has 0 aliphatic heterocycles. The standard InChI is InChI=1S/C21H15F3N2/c22-21(23,24)20-25-17-13-7-8-14-18(17)26(20)19(15-9-3-1-4-10-15)16-11-5-2-6-12-16/h1-14,19H. The molecule has 0 saturated heterocycles. The Morgan fingerprint density at radius 2 is 1.19 bits per heavy atom. The van der Waals surface area contributed by atoms with Gasteiger partial charge in [-0.15, -0.1) is 0 Å². The molecule has 0 aliphatic rings. The quantitative estimate of drug-likeness (QED) is 0.463. The van der Waals surface area contributed by atoms with E-state index in [1.54, 1.807) is 24.3 Å². The van der Waals surface area contributed by atoms with Gasteiger partial charge in [0.15, 0.2) is 0 Å². The highest BCUT2D eigenvalue weighted by atomic mass is 19.4. The van der Waals surface area contributed by atoms with Crippen LogP contribution in [0.2, 0.25) is 0 Å². The summed E-state index contributed by atoms with van der Waals surface area (Å²) in [5.41, 5.74) is 2.33. The van der Waals surface area contributed by atoms with Gasteiger partial charge in [-0.3, -0.25) is 0 Å². The summed E-state index contributed by atoms with van der Waals surface area (Å²) in [5, 5.41) is 0. The fourth-order valence-corrected chi connectivity index (χ4v) is 3.27. The van der Waals surface area contributed by atoms with Crippen LogP contribution in [-0.4, -0.2) is 9.55 Å². The normalized spacial score (nSPS) is 12.0. The molecule has 0 atom stereocenters. The molecule has 0 spiro atoms. The van der Waals surface area contributed by atoms with Crippen molar-refractivity contribution in [1.82, 2.24) is 9.55 Å². The van der Waals surface area contributed by atoms with E-state index in [4.69, 9.17) is 0 Å². The maximum absolute atomic E-state index is 13.8. The van der Waals surface area contributed by atoms with E-state index >= 15 is 0 Å². The van der Waals surface area contributed by atoms with Gasteiger partial charge >= 0.3 is 6.18 Å². The molecule has 0 bridgehead atoms. The van der Waals surface area contributed by atoms with Crippen LogP contribution < -0.4 is 0 Å². The lowest BCUT2D eigenvalue weighted by atomic mass is 9.98. The van der Waals surface area contributed by atoms with Crippen molar-refractivity contribution in [3.63, 3.8) is 0 Å². The molecule has 0 fully saturated rings. The molecule has 0 amide bonds. The number of para-hydroxylation sites is 2. The molecule has 5 heteroatoms. The van der Waals surface area contributed by atoms with Crippen molar-refractivity contribution >= 4 is 11.0 Å². The Bertz CT molecular complexity index is 982. The molecule has 0 N–H and O–H groups in total. The second kappa shape index (κ2) is 6.33. The molecule has 2 nitrogen and oxygen atoms in total. The van der Waals surface area contributed by atoms with Crippen LogP contribution in [0.25, 0.3) is 11.0 Å². The summed E-state index contributed by atoms with van der Waals surface area (Å²) >= 11 is 0. The van der Waals surface area contributed by atoms with Gasteiger partial charge in [-0.2, -0.15) is 13.2 Å². The lowest BCUT2D eigenvalue weighted by molar-refractivity contribution is -0.147. The van der Waals surface area contributed by atoms with E-state index in [9.17, 15) is 13.2 Å². The monoisotopic (exact) mass is 352 g/mol. The van der Waals surface area contributed by atoms with Gasteiger partial charge < -0.3 is 4.57 Å². The molecule has 130 valence electrons. The van der Waals surface area contributed by atoms with Crippen molar-refractivity contribution in [1.29, 1.82) is 0 Å². The van der Waals surface area contributed by atoms with Crippen LogP contribution in [0.4, 0.5) is 13.2 Å². The Morgan fingerprint density at radius 3 is 1.73 bits per heavy atom. The van der Waals surface area contributed by atoms with Crippen molar-refractivity contribution in [3.05, 3.63) is 102 Å². The predicted octanol–water partition coefficient (Wildman–Crippen LogP) is 5.69. The topological polar surface area (TPSA) is 17.8 Å². The van der Waals surface area contributed by atoms with Crippen molar-refractivity contribution in [3.8, 4) is 0 Å². The number of alkyl halides is 3. The third kappa shape index (κ3) is 2.86. The average Bonchev–Trinajstić information content (AvgIpc) is 3.04. The lowest BCUT2D eigenvalue weighted by Gasteiger charge is -2.23. The van der Waals surface area contributed by atoms with Gasteiger partial charge in [-0.25, -0.2) is 4.98 Å². The summed E-state index contributed by atoms with van der Waals surface area (Å²) in [4.78, 5) is 3.89. The zero-order valence-electron chi connectivity index (χ0n) is 13.7. The second-order valence-electron chi connectivity index (χ2n) is 6.02. The van der Waals surface area contributed by atoms with Crippen LogP contribution in [0.5, 0.6) is 0 Å². The minimum atomic E-state index is -4.55. The molecule has 0 aliphatic carbocycles. The number of hydrogen-bond acceptors (Lipinski definition) is 1. The minimum absolute atomic E-state index is 0.330. The minimum Gasteiger partial charge on any atom is -0.309 e. The fraction of sp³-hybridized carbons (Fsp3) is 0.0952. The highest BCUT2D eigenvalue weighted by Crippen LogP contribution is 2.38. The smallest absolute Gasteiger partial charge is 0.309 e. The van der Waals surface area contributed by atoms with Gasteiger partial charge in [0.25, 0.3) is 0 Å². The van der Waals surface area contributed by atoms with Crippen molar-refractivity contribution < 1.29 is 13.2 Å². The van der Waals surface area contributed by atoms with Crippen molar-refractivity contribution in [2.75, 3.05) is 0 Å². The average molecular weight is 352 g/mol. The summed E-state index contributed by atoms with van der Waals surface area (Å²) in [5.74, 6) is -0.892. The molecule has 4 aromatic rings. The van der Waals surface area contributed by atoms with Gasteiger partial charge in [0.05, 0.1) is 17.1 Å². The number of rotatable bonds is 3. The first-order valence-corrected chi connectivity index (χ1v) is 8.20. The molecule has 1 aromatic heterocycles. The first-order chi connectivity index (χ1) is 12.6. The Morgan fingerprint density at radius 1 is 0.692 bits per heavy atom. The van der Waals surface area contributed by atoms with Crippen LogP contribution in [0.15, 0.2) is 84.9 Å². The Kier molecular flexibility index (Phi) is 3.99. The third-order valence-electron chi connectivity index (χ3n) is 4.34. The van der Waals surface area contributed by atoms with E-state index in [0.717, 1.165) is 11.1 Å². The van der Waals surface area contributed by atoms with E-state index in [0.29, 0.717) is 11.0 Å². The Labute approximate surface area is 148 Å². The van der Waals surface area contributed by atoms with E-state index in [2.05, 4.69) is 4.98 Å². The Hall–Kier alpha value is -3.08. The number of halogens is 3. The van der Waals surface area contributed by atoms with Gasteiger partial charge in [-0.1, -0.05) is 72.8 Å². The molecule has 3 aromatic carbocycles. The summed E-state index contributed by atoms with van der Waals surface area (Å²) in [7, 11) is 0. The van der Waals surface area contributed by atoms with Crippen molar-refractivity contribution in [2.45, 2.75) is 12.2 Å². The number of fused-ring (bicyclic) bond motifs is 1. The maximum atomic E-state index is 13.8. The van der Waals surface area contributed by atoms with Gasteiger partial charge in [0, 0.05) is 0 Å². The molecule has 0 unspecified atom stereocenters. The van der Waals surface area contributed by atoms with Crippen LogP contribution in [0, 0.1) is 0 Å². The van der Waals surface area contributed by atoms with Crippen LogP contribution >= 0.6 is 0 Å². The molecular weight excluding hydrogens is 337 g/mol. The van der Waals surface area contributed by atoms with Gasteiger partial charge in [-0.05, 0) is 23.3 Å². The zero-order chi connectivity index (χ0) is 18.1. The van der Waals surface area contributed by atoms with Crippen molar-refractivity contribution in [2.24, 2.45) is 0 Å².